The predicted molar refractivity (Wildman–Crippen MR) is 91.1 cm³/mol. The van der Waals surface area contributed by atoms with Crippen LogP contribution in [0.2, 0.25) is 0 Å². The predicted octanol–water partition coefficient (Wildman–Crippen LogP) is 1.48. The van der Waals surface area contributed by atoms with Gasteiger partial charge in [0.25, 0.3) is 0 Å². The van der Waals surface area contributed by atoms with Gasteiger partial charge >= 0.3 is 5.97 Å². The van der Waals surface area contributed by atoms with E-state index in [1.807, 2.05) is 0 Å². The molecule has 0 spiro atoms. The molecular formula is C17H23NO6S. The van der Waals surface area contributed by atoms with E-state index in [0.29, 0.717) is 31.6 Å². The summed E-state index contributed by atoms with van der Waals surface area (Å²) in [5.74, 6) is -1.15. The molecule has 2 rings (SSSR count). The van der Waals surface area contributed by atoms with Crippen molar-refractivity contribution in [3.8, 4) is 5.75 Å². The second kappa shape index (κ2) is 8.33. The van der Waals surface area contributed by atoms with E-state index in [0.717, 1.165) is 12.7 Å². The summed E-state index contributed by atoms with van der Waals surface area (Å²) >= 11 is 0. The highest BCUT2D eigenvalue weighted by Gasteiger charge is 2.30. The molecule has 7 nitrogen and oxygen atoms in total. The van der Waals surface area contributed by atoms with Crippen molar-refractivity contribution in [3.05, 3.63) is 24.3 Å². The number of carbonyl (C=O) groups excluding carboxylic acids is 1. The highest BCUT2D eigenvalue weighted by atomic mass is 32.2. The number of hydrogen-bond donors (Lipinski definition) is 2. The molecule has 0 aromatic heterocycles. The van der Waals surface area contributed by atoms with Crippen molar-refractivity contribution in [2.24, 2.45) is 11.8 Å². The summed E-state index contributed by atoms with van der Waals surface area (Å²) in [6.07, 6.45) is 3.61. The van der Waals surface area contributed by atoms with Gasteiger partial charge in [0.2, 0.25) is 5.91 Å². The van der Waals surface area contributed by atoms with Gasteiger partial charge in [0.05, 0.1) is 17.4 Å². The summed E-state index contributed by atoms with van der Waals surface area (Å²) < 4.78 is 28.2. The minimum Gasteiger partial charge on any atom is -0.492 e. The van der Waals surface area contributed by atoms with Gasteiger partial charge in [0, 0.05) is 12.2 Å². The monoisotopic (exact) mass is 369 g/mol. The van der Waals surface area contributed by atoms with Gasteiger partial charge in [-0.3, -0.25) is 9.59 Å². The Bertz CT molecular complexity index is 713. The number of ether oxygens (including phenoxy) is 1. The van der Waals surface area contributed by atoms with Gasteiger partial charge in [0.1, 0.15) is 12.4 Å². The lowest BCUT2D eigenvalue weighted by molar-refractivity contribution is -0.144. The van der Waals surface area contributed by atoms with Gasteiger partial charge in [-0.15, -0.1) is 0 Å². The summed E-state index contributed by atoms with van der Waals surface area (Å²) in [6, 6.07) is 6.07. The molecule has 0 heterocycles. The molecule has 0 aliphatic heterocycles. The molecule has 1 aliphatic rings. The molecule has 1 amide bonds. The minimum atomic E-state index is -3.23. The molecule has 1 aliphatic carbocycles. The Hall–Kier alpha value is -2.09. The third kappa shape index (κ3) is 5.74. The van der Waals surface area contributed by atoms with Gasteiger partial charge < -0.3 is 15.2 Å². The lowest BCUT2D eigenvalue weighted by atomic mass is 9.81. The number of carboxylic acids is 1. The fourth-order valence-corrected chi connectivity index (χ4v) is 3.55. The molecule has 2 N–H and O–H groups in total. The van der Waals surface area contributed by atoms with Crippen molar-refractivity contribution in [3.63, 3.8) is 0 Å². The molecule has 2 atom stereocenters. The first-order chi connectivity index (χ1) is 11.8. The maximum Gasteiger partial charge on any atom is 0.306 e. The third-order valence-electron chi connectivity index (χ3n) is 4.32. The maximum atomic E-state index is 12.1. The summed E-state index contributed by atoms with van der Waals surface area (Å²) in [4.78, 5) is 23.4. The molecule has 2 unspecified atom stereocenters. The van der Waals surface area contributed by atoms with Crippen LogP contribution in [0.3, 0.4) is 0 Å². The van der Waals surface area contributed by atoms with Gasteiger partial charge in [0.15, 0.2) is 9.84 Å². The Kier molecular flexibility index (Phi) is 6.41. The maximum absolute atomic E-state index is 12.1. The molecule has 0 bridgehead atoms. The van der Waals surface area contributed by atoms with E-state index in [1.165, 1.54) is 12.1 Å². The van der Waals surface area contributed by atoms with Crippen LogP contribution < -0.4 is 10.1 Å². The number of nitrogens with one attached hydrogen (secondary N) is 1. The van der Waals surface area contributed by atoms with Crippen LogP contribution in [-0.4, -0.2) is 44.8 Å². The van der Waals surface area contributed by atoms with E-state index >= 15 is 0 Å². The molecular weight excluding hydrogens is 346 g/mol. The topological polar surface area (TPSA) is 110 Å². The largest absolute Gasteiger partial charge is 0.492 e. The second-order valence-electron chi connectivity index (χ2n) is 6.28. The van der Waals surface area contributed by atoms with Crippen molar-refractivity contribution < 1.29 is 27.9 Å². The third-order valence-corrected chi connectivity index (χ3v) is 5.44. The SMILES string of the molecule is CS(=O)(=O)c1ccc(OCCNC(=O)C2CCCC(C(=O)O)C2)cc1. The molecule has 0 saturated heterocycles. The smallest absolute Gasteiger partial charge is 0.306 e. The summed E-state index contributed by atoms with van der Waals surface area (Å²) in [7, 11) is -3.23. The lowest BCUT2D eigenvalue weighted by Gasteiger charge is -2.25. The normalized spacial score (nSPS) is 20.7. The second-order valence-corrected chi connectivity index (χ2v) is 8.30. The number of benzene rings is 1. The first-order valence-corrected chi connectivity index (χ1v) is 10.1. The highest BCUT2D eigenvalue weighted by Crippen LogP contribution is 2.29. The Morgan fingerprint density at radius 2 is 1.84 bits per heavy atom. The molecule has 0 radical (unpaired) electrons. The molecule has 1 fully saturated rings. The lowest BCUT2D eigenvalue weighted by Crippen LogP contribution is -2.37. The van der Waals surface area contributed by atoms with E-state index in [9.17, 15) is 18.0 Å². The van der Waals surface area contributed by atoms with Crippen LogP contribution in [0, 0.1) is 11.8 Å². The van der Waals surface area contributed by atoms with Crippen molar-refractivity contribution in [2.75, 3.05) is 19.4 Å². The van der Waals surface area contributed by atoms with E-state index in [2.05, 4.69) is 5.32 Å². The van der Waals surface area contributed by atoms with Crippen molar-refractivity contribution in [2.45, 2.75) is 30.6 Å². The van der Waals surface area contributed by atoms with Crippen LogP contribution in [0.4, 0.5) is 0 Å². The number of sulfone groups is 1. The zero-order valence-electron chi connectivity index (χ0n) is 14.1. The van der Waals surface area contributed by atoms with Gasteiger partial charge in [-0.05, 0) is 43.5 Å². The minimum absolute atomic E-state index is 0.137. The van der Waals surface area contributed by atoms with Crippen molar-refractivity contribution in [1.29, 1.82) is 0 Å². The number of carbonyl (C=O) groups is 2. The first-order valence-electron chi connectivity index (χ1n) is 8.21. The Balaban J connectivity index is 1.73. The quantitative estimate of drug-likeness (QED) is 0.705. The summed E-state index contributed by atoms with van der Waals surface area (Å²) in [5, 5.41) is 11.8. The number of aliphatic carboxylic acids is 1. The number of hydrogen-bond acceptors (Lipinski definition) is 5. The van der Waals surface area contributed by atoms with Gasteiger partial charge in [-0.2, -0.15) is 0 Å². The summed E-state index contributed by atoms with van der Waals surface area (Å²) in [5.41, 5.74) is 0. The Labute approximate surface area is 147 Å². The number of amides is 1. The van der Waals surface area contributed by atoms with E-state index < -0.39 is 21.7 Å². The standard InChI is InChI=1S/C17H23NO6S/c1-25(22,23)15-7-5-14(6-8-15)24-10-9-18-16(19)12-3-2-4-13(11-12)17(20)21/h5-8,12-13H,2-4,9-11H2,1H3,(H,18,19)(H,20,21). The molecule has 138 valence electrons. The molecule has 25 heavy (non-hydrogen) atoms. The fraction of sp³-hybridized carbons (Fsp3) is 0.529. The number of rotatable bonds is 7. The fourth-order valence-electron chi connectivity index (χ4n) is 2.92. The molecule has 1 aromatic carbocycles. The van der Waals surface area contributed by atoms with Gasteiger partial charge in [-0.25, -0.2) is 8.42 Å². The Morgan fingerprint density at radius 3 is 2.44 bits per heavy atom. The van der Waals surface area contributed by atoms with Crippen LogP contribution in [-0.2, 0) is 19.4 Å². The van der Waals surface area contributed by atoms with Gasteiger partial charge in [-0.1, -0.05) is 6.42 Å². The zero-order chi connectivity index (χ0) is 18.4. The van der Waals surface area contributed by atoms with E-state index in [4.69, 9.17) is 9.84 Å². The molecule has 1 saturated carbocycles. The van der Waals surface area contributed by atoms with Crippen molar-refractivity contribution in [1.82, 2.24) is 5.32 Å². The molecule has 1 aromatic rings. The van der Waals surface area contributed by atoms with Crippen LogP contribution in [0.5, 0.6) is 5.75 Å². The zero-order valence-corrected chi connectivity index (χ0v) is 14.9. The summed E-state index contributed by atoms with van der Waals surface area (Å²) in [6.45, 7) is 0.555. The van der Waals surface area contributed by atoms with E-state index in [1.54, 1.807) is 12.1 Å². The number of carboxylic acid groups (broad SMARTS) is 1. The highest BCUT2D eigenvalue weighted by molar-refractivity contribution is 7.90. The van der Waals surface area contributed by atoms with Crippen LogP contribution in [0.1, 0.15) is 25.7 Å². The average molecular weight is 369 g/mol. The Morgan fingerprint density at radius 1 is 1.20 bits per heavy atom. The van der Waals surface area contributed by atoms with Crippen LogP contribution in [0.15, 0.2) is 29.2 Å². The first kappa shape index (κ1) is 19.2. The van der Waals surface area contributed by atoms with Crippen LogP contribution >= 0.6 is 0 Å². The van der Waals surface area contributed by atoms with E-state index in [-0.39, 0.29) is 23.3 Å². The van der Waals surface area contributed by atoms with Crippen molar-refractivity contribution >= 4 is 21.7 Å². The van der Waals surface area contributed by atoms with Crippen LogP contribution in [0.25, 0.3) is 0 Å². The average Bonchev–Trinajstić information content (AvgIpc) is 2.58. The molecule has 8 heteroatoms.